The highest BCUT2D eigenvalue weighted by molar-refractivity contribution is 5.97. The van der Waals surface area contributed by atoms with Crippen LogP contribution in [0, 0.1) is 0 Å². The first-order valence-corrected chi connectivity index (χ1v) is 10.1. The molecule has 1 aromatic carbocycles. The lowest BCUT2D eigenvalue weighted by Gasteiger charge is -2.18. The van der Waals surface area contributed by atoms with Crippen molar-refractivity contribution in [2.24, 2.45) is 5.73 Å². The van der Waals surface area contributed by atoms with Crippen molar-refractivity contribution in [3.8, 4) is 0 Å². The number of nitrogens with one attached hydrogen (secondary N) is 2. The van der Waals surface area contributed by atoms with Gasteiger partial charge in [-0.05, 0) is 49.9 Å². The molecule has 0 unspecified atom stereocenters. The van der Waals surface area contributed by atoms with Gasteiger partial charge in [-0.3, -0.25) is 9.59 Å². The number of carbonyl (C=O) groups is 2. The van der Waals surface area contributed by atoms with Crippen LogP contribution < -0.4 is 21.3 Å². The highest BCUT2D eigenvalue weighted by atomic mass is 16.1. The summed E-state index contributed by atoms with van der Waals surface area (Å²) < 4.78 is 0. The summed E-state index contributed by atoms with van der Waals surface area (Å²) in [6.45, 7) is 2.25. The van der Waals surface area contributed by atoms with Crippen molar-refractivity contribution in [2.75, 3.05) is 42.7 Å². The van der Waals surface area contributed by atoms with Crippen molar-refractivity contribution in [1.82, 2.24) is 14.9 Å². The normalized spacial score (nSPS) is 15.1. The Hall–Kier alpha value is -3.36. The molecule has 2 fully saturated rings. The summed E-state index contributed by atoms with van der Waals surface area (Å²) in [4.78, 5) is 33.4. The second kappa shape index (κ2) is 9.91. The van der Waals surface area contributed by atoms with E-state index in [-0.39, 0.29) is 0 Å². The number of primary amides is 1. The van der Waals surface area contributed by atoms with Gasteiger partial charge < -0.3 is 26.2 Å². The Morgan fingerprint density at radius 2 is 1.83 bits per heavy atom. The van der Waals surface area contributed by atoms with Crippen molar-refractivity contribution in [2.45, 2.75) is 31.7 Å². The highest BCUT2D eigenvalue weighted by Gasteiger charge is 2.24. The average molecular weight is 412 g/mol. The van der Waals surface area contributed by atoms with Crippen molar-refractivity contribution < 1.29 is 9.59 Å². The summed E-state index contributed by atoms with van der Waals surface area (Å²) >= 11 is 0. The molecule has 4 rings (SSSR count). The van der Waals surface area contributed by atoms with Gasteiger partial charge in [0.15, 0.2) is 0 Å². The van der Waals surface area contributed by atoms with Crippen LogP contribution >= 0.6 is 0 Å². The first-order chi connectivity index (χ1) is 14.5. The van der Waals surface area contributed by atoms with Crippen molar-refractivity contribution in [3.63, 3.8) is 0 Å². The number of hydrogen-bond donors (Lipinski definition) is 3. The van der Waals surface area contributed by atoms with Gasteiger partial charge in [0.05, 0.1) is 5.56 Å². The number of amides is 2. The van der Waals surface area contributed by atoms with Gasteiger partial charge in [0.1, 0.15) is 5.82 Å². The third-order valence-electron chi connectivity index (χ3n) is 4.78. The maximum absolute atomic E-state index is 11.5. The molecule has 1 saturated carbocycles. The van der Waals surface area contributed by atoms with E-state index in [1.165, 1.54) is 29.6 Å². The van der Waals surface area contributed by atoms with E-state index in [1.54, 1.807) is 14.1 Å². The summed E-state index contributed by atoms with van der Waals surface area (Å²) in [6, 6.07) is 8.63. The Balaban J connectivity index is 0.000000461. The van der Waals surface area contributed by atoms with Crippen molar-refractivity contribution in [1.29, 1.82) is 0 Å². The lowest BCUT2D eigenvalue weighted by Crippen LogP contribution is -2.18. The van der Waals surface area contributed by atoms with E-state index in [4.69, 9.17) is 5.73 Å². The molecule has 1 aliphatic carbocycles. The summed E-state index contributed by atoms with van der Waals surface area (Å²) in [6.07, 6.45) is 6.92. The van der Waals surface area contributed by atoms with Gasteiger partial charge in [-0.2, -0.15) is 4.98 Å². The number of anilines is 4. The molecule has 0 radical (unpaired) electrons. The molecule has 2 aliphatic rings. The number of nitrogens with two attached hydrogens (primary N) is 1. The third kappa shape index (κ3) is 6.07. The Labute approximate surface area is 176 Å². The second-order valence-corrected chi connectivity index (χ2v) is 7.67. The summed E-state index contributed by atoms with van der Waals surface area (Å²) in [5.41, 5.74) is 7.88. The van der Waals surface area contributed by atoms with E-state index in [0.29, 0.717) is 23.4 Å². The average Bonchev–Trinajstić information content (AvgIpc) is 3.37. The number of rotatable bonds is 7. The molecule has 160 valence electrons. The minimum absolute atomic E-state index is 0.321. The first-order valence-electron chi connectivity index (χ1n) is 10.1. The second-order valence-electron chi connectivity index (χ2n) is 7.67. The minimum Gasteiger partial charge on any atom is -0.372 e. The topological polar surface area (TPSA) is 116 Å². The van der Waals surface area contributed by atoms with Crippen LogP contribution in [0.15, 0.2) is 30.5 Å². The molecule has 2 amide bonds. The fourth-order valence-corrected chi connectivity index (χ4v) is 3.01. The number of aromatic nitrogens is 2. The molecule has 9 heteroatoms. The van der Waals surface area contributed by atoms with E-state index in [1.807, 2.05) is 12.1 Å². The smallest absolute Gasteiger partial charge is 0.254 e. The monoisotopic (exact) mass is 411 g/mol. The predicted molar refractivity (Wildman–Crippen MR) is 118 cm³/mol. The van der Waals surface area contributed by atoms with E-state index in [0.717, 1.165) is 38.0 Å². The van der Waals surface area contributed by atoms with E-state index < -0.39 is 5.91 Å². The van der Waals surface area contributed by atoms with E-state index in [2.05, 4.69) is 37.6 Å². The van der Waals surface area contributed by atoms with Crippen LogP contribution in [0.3, 0.4) is 0 Å². The molecule has 1 aliphatic heterocycles. The lowest BCUT2D eigenvalue weighted by atomic mass is 10.2. The van der Waals surface area contributed by atoms with Crippen LogP contribution in [0.4, 0.5) is 23.1 Å². The number of nitrogens with zero attached hydrogens (tertiary/aromatic N) is 4. The molecule has 30 heavy (non-hydrogen) atoms. The summed E-state index contributed by atoms with van der Waals surface area (Å²) in [7, 11) is 3.38. The fourth-order valence-electron chi connectivity index (χ4n) is 3.01. The molecule has 1 aromatic heterocycles. The molecule has 2 heterocycles. The van der Waals surface area contributed by atoms with Crippen LogP contribution in [0.1, 0.15) is 36.0 Å². The molecular weight excluding hydrogens is 382 g/mol. The van der Waals surface area contributed by atoms with Crippen molar-refractivity contribution in [3.05, 3.63) is 36.0 Å². The SMILES string of the molecule is CN(C)C=O.NC(=O)c1cnc(Nc2ccc(N3CCCC3)cc2)nc1NC1CC1. The first kappa shape index (κ1) is 21.4. The van der Waals surface area contributed by atoms with E-state index >= 15 is 0 Å². The zero-order valence-corrected chi connectivity index (χ0v) is 17.5. The zero-order chi connectivity index (χ0) is 21.5. The minimum atomic E-state index is -0.523. The standard InChI is InChI=1S/C18H22N6O.C3H7NO/c19-16(25)15-11-20-18(23-17(15)21-12-3-4-12)22-13-5-7-14(8-6-13)24-9-1-2-10-24;1-4(2)3-5/h5-8,11-12H,1-4,9-10H2,(H2,19,25)(H2,20,21,22,23);3H,1-2H3. The molecule has 2 aromatic rings. The van der Waals surface area contributed by atoms with Crippen LogP contribution in [0.2, 0.25) is 0 Å². The van der Waals surface area contributed by atoms with Crippen LogP contribution in [-0.2, 0) is 4.79 Å². The lowest BCUT2D eigenvalue weighted by molar-refractivity contribution is -0.115. The predicted octanol–water partition coefficient (Wildman–Crippen LogP) is 2.20. The van der Waals surface area contributed by atoms with Gasteiger partial charge in [-0.1, -0.05) is 0 Å². The molecule has 1 saturated heterocycles. The fraction of sp³-hybridized carbons (Fsp3) is 0.429. The Morgan fingerprint density at radius 1 is 1.20 bits per heavy atom. The summed E-state index contributed by atoms with van der Waals surface area (Å²) in [5.74, 6) is 0.424. The summed E-state index contributed by atoms with van der Waals surface area (Å²) in [5, 5.41) is 6.43. The molecule has 0 bridgehead atoms. The van der Waals surface area contributed by atoms with Crippen molar-refractivity contribution >= 4 is 35.5 Å². The molecule has 0 spiro atoms. The molecule has 0 atom stereocenters. The zero-order valence-electron chi connectivity index (χ0n) is 17.5. The molecule has 4 N–H and O–H groups in total. The highest BCUT2D eigenvalue weighted by Crippen LogP contribution is 2.27. The number of benzene rings is 1. The van der Waals surface area contributed by atoms with Gasteiger partial charge in [-0.25, -0.2) is 4.98 Å². The molecule has 9 nitrogen and oxygen atoms in total. The Morgan fingerprint density at radius 3 is 2.37 bits per heavy atom. The van der Waals surface area contributed by atoms with Gasteiger partial charge in [0, 0.05) is 50.8 Å². The maximum atomic E-state index is 11.5. The van der Waals surface area contributed by atoms with Crippen LogP contribution in [0.5, 0.6) is 0 Å². The maximum Gasteiger partial charge on any atom is 0.254 e. The van der Waals surface area contributed by atoms with Gasteiger partial charge >= 0.3 is 0 Å². The Bertz CT molecular complexity index is 860. The van der Waals surface area contributed by atoms with Crippen LogP contribution in [-0.4, -0.2) is 60.4 Å². The van der Waals surface area contributed by atoms with Gasteiger partial charge in [-0.15, -0.1) is 0 Å². The third-order valence-corrected chi connectivity index (χ3v) is 4.78. The van der Waals surface area contributed by atoms with E-state index in [9.17, 15) is 9.59 Å². The number of carbonyl (C=O) groups excluding carboxylic acids is 2. The largest absolute Gasteiger partial charge is 0.372 e. The van der Waals surface area contributed by atoms with Gasteiger partial charge in [0.25, 0.3) is 5.91 Å². The number of hydrogen-bond acceptors (Lipinski definition) is 7. The Kier molecular flexibility index (Phi) is 7.05. The van der Waals surface area contributed by atoms with Crippen LogP contribution in [0.25, 0.3) is 0 Å². The van der Waals surface area contributed by atoms with Gasteiger partial charge in [0.2, 0.25) is 12.4 Å². The quantitative estimate of drug-likeness (QED) is 0.598. The molecular formula is C21H29N7O2.